The molecule has 0 bridgehead atoms. The van der Waals surface area contributed by atoms with Crippen LogP contribution in [-0.4, -0.2) is 15.4 Å². The van der Waals surface area contributed by atoms with Gasteiger partial charge in [-0.3, -0.25) is 4.79 Å². The average Bonchev–Trinajstić information content (AvgIpc) is 2.70. The summed E-state index contributed by atoms with van der Waals surface area (Å²) in [4.78, 5) is 11.5. The van der Waals surface area contributed by atoms with E-state index in [1.165, 1.54) is 0 Å². The van der Waals surface area contributed by atoms with Crippen LogP contribution in [0.25, 0.3) is 5.52 Å². The number of rotatable bonds is 3. The molecule has 2 aromatic heterocycles. The maximum absolute atomic E-state index is 11.5. The van der Waals surface area contributed by atoms with Gasteiger partial charge in [-0.1, -0.05) is 13.8 Å². The molecule has 3 nitrogen and oxygen atoms in total. The van der Waals surface area contributed by atoms with E-state index in [1.807, 2.05) is 22.7 Å². The van der Waals surface area contributed by atoms with Crippen LogP contribution in [-0.2, 0) is 12.8 Å². The molecule has 0 atom stereocenters. The number of nitrogens with zero attached hydrogens (tertiary/aromatic N) is 2. The van der Waals surface area contributed by atoms with Crippen LogP contribution in [0.5, 0.6) is 0 Å². The minimum Gasteiger partial charge on any atom is -0.294 e. The molecule has 0 aliphatic rings. The summed E-state index contributed by atoms with van der Waals surface area (Å²) in [7, 11) is 0. The summed E-state index contributed by atoms with van der Waals surface area (Å²) in [5, 5.41) is 4.51. The molecular weight excluding hydrogens is 200 g/mol. The molecule has 3 heteroatoms. The average molecular weight is 216 g/mol. The predicted octanol–water partition coefficient (Wildman–Crippen LogP) is 2.66. The summed E-state index contributed by atoms with van der Waals surface area (Å²) < 4.78 is 1.90. The van der Waals surface area contributed by atoms with E-state index in [4.69, 9.17) is 0 Å². The fourth-order valence-electron chi connectivity index (χ4n) is 1.91. The highest BCUT2D eigenvalue weighted by Crippen LogP contribution is 2.16. The number of aromatic nitrogens is 2. The molecule has 2 aromatic rings. The molecule has 0 radical (unpaired) electrons. The largest absolute Gasteiger partial charge is 0.294 e. The molecule has 2 heterocycles. The van der Waals surface area contributed by atoms with Crippen LogP contribution < -0.4 is 0 Å². The first-order valence-corrected chi connectivity index (χ1v) is 5.68. The van der Waals surface area contributed by atoms with E-state index in [2.05, 4.69) is 18.9 Å². The highest BCUT2D eigenvalue weighted by atomic mass is 16.1. The van der Waals surface area contributed by atoms with Crippen LogP contribution in [0.15, 0.2) is 18.2 Å². The number of fused-ring (bicyclic) bond motifs is 1. The van der Waals surface area contributed by atoms with Crippen LogP contribution in [0.1, 0.15) is 42.5 Å². The van der Waals surface area contributed by atoms with Crippen molar-refractivity contribution < 1.29 is 4.79 Å². The lowest BCUT2D eigenvalue weighted by atomic mass is 10.1. The van der Waals surface area contributed by atoms with E-state index in [-0.39, 0.29) is 5.78 Å². The van der Waals surface area contributed by atoms with Gasteiger partial charge in [0.05, 0.1) is 11.2 Å². The molecule has 0 aliphatic heterocycles. The summed E-state index contributed by atoms with van der Waals surface area (Å²) in [6, 6.07) is 5.89. The summed E-state index contributed by atoms with van der Waals surface area (Å²) >= 11 is 0. The maximum Gasteiger partial charge on any atom is 0.161 e. The first-order valence-electron chi connectivity index (χ1n) is 5.68. The van der Waals surface area contributed by atoms with Gasteiger partial charge in [0.2, 0.25) is 0 Å². The van der Waals surface area contributed by atoms with Gasteiger partial charge in [0.1, 0.15) is 0 Å². The zero-order chi connectivity index (χ0) is 11.7. The molecule has 0 unspecified atom stereocenters. The minimum atomic E-state index is 0.0928. The number of aryl methyl sites for hydroxylation is 2. The Hall–Kier alpha value is -1.64. The lowest BCUT2D eigenvalue weighted by molar-refractivity contribution is 0.101. The standard InChI is InChI=1S/C13H16N2O/c1-4-10-8-13-12(9(3)16)7-6-11(5-2)15(13)14-10/h6-8H,4-5H2,1-3H3. The van der Waals surface area contributed by atoms with Gasteiger partial charge in [-0.25, -0.2) is 4.52 Å². The van der Waals surface area contributed by atoms with Gasteiger partial charge in [-0.2, -0.15) is 5.10 Å². The molecule has 0 fully saturated rings. The third-order valence-electron chi connectivity index (χ3n) is 2.85. The molecule has 0 aromatic carbocycles. The Bertz CT molecular complexity index is 540. The fraction of sp³-hybridized carbons (Fsp3) is 0.385. The fourth-order valence-corrected chi connectivity index (χ4v) is 1.91. The van der Waals surface area contributed by atoms with Gasteiger partial charge < -0.3 is 0 Å². The Balaban J connectivity index is 2.77. The smallest absolute Gasteiger partial charge is 0.161 e. The molecule has 0 N–H and O–H groups in total. The van der Waals surface area contributed by atoms with Crippen molar-refractivity contribution in [1.82, 2.24) is 9.61 Å². The van der Waals surface area contributed by atoms with Crippen molar-refractivity contribution in [3.05, 3.63) is 35.2 Å². The zero-order valence-electron chi connectivity index (χ0n) is 9.95. The lowest BCUT2D eigenvalue weighted by Crippen LogP contribution is -2.02. The second-order valence-electron chi connectivity index (χ2n) is 3.93. The molecule has 0 saturated heterocycles. The SMILES string of the molecule is CCc1cc2c(C(C)=O)ccc(CC)n2n1. The van der Waals surface area contributed by atoms with Crippen molar-refractivity contribution in [3.8, 4) is 0 Å². The van der Waals surface area contributed by atoms with Gasteiger partial charge in [0.15, 0.2) is 5.78 Å². The van der Waals surface area contributed by atoms with Gasteiger partial charge in [0, 0.05) is 11.3 Å². The monoisotopic (exact) mass is 216 g/mol. The topological polar surface area (TPSA) is 34.4 Å². The molecule has 2 rings (SSSR count). The number of carbonyl (C=O) groups excluding carboxylic acids is 1. The van der Waals surface area contributed by atoms with Crippen molar-refractivity contribution in [2.45, 2.75) is 33.6 Å². The van der Waals surface area contributed by atoms with Crippen LogP contribution in [0.4, 0.5) is 0 Å². The number of Topliss-reactive ketones (excluding diaryl/α,β-unsaturated/α-hetero) is 1. The van der Waals surface area contributed by atoms with Crippen molar-refractivity contribution in [3.63, 3.8) is 0 Å². The molecule has 0 saturated carbocycles. The highest BCUT2D eigenvalue weighted by molar-refractivity contribution is 6.00. The van der Waals surface area contributed by atoms with E-state index >= 15 is 0 Å². The van der Waals surface area contributed by atoms with Crippen molar-refractivity contribution in [1.29, 1.82) is 0 Å². The van der Waals surface area contributed by atoms with E-state index in [1.54, 1.807) is 6.92 Å². The van der Waals surface area contributed by atoms with Crippen molar-refractivity contribution in [2.24, 2.45) is 0 Å². The summed E-state index contributed by atoms with van der Waals surface area (Å²) in [5.41, 5.74) is 3.86. The third-order valence-corrected chi connectivity index (χ3v) is 2.85. The lowest BCUT2D eigenvalue weighted by Gasteiger charge is -2.04. The third kappa shape index (κ3) is 1.62. The number of pyridine rings is 1. The second-order valence-corrected chi connectivity index (χ2v) is 3.93. The second kappa shape index (κ2) is 4.08. The summed E-state index contributed by atoms with van der Waals surface area (Å²) in [6.07, 6.45) is 1.81. The number of ketones is 1. The molecule has 84 valence electrons. The highest BCUT2D eigenvalue weighted by Gasteiger charge is 2.11. The Kier molecular flexibility index (Phi) is 2.77. The molecule has 0 aliphatic carbocycles. The Morgan fingerprint density at radius 3 is 2.62 bits per heavy atom. The normalized spacial score (nSPS) is 10.9. The van der Waals surface area contributed by atoms with Gasteiger partial charge in [-0.15, -0.1) is 0 Å². The van der Waals surface area contributed by atoms with E-state index < -0.39 is 0 Å². The quantitative estimate of drug-likeness (QED) is 0.739. The molecule has 16 heavy (non-hydrogen) atoms. The summed E-state index contributed by atoms with van der Waals surface area (Å²) in [5.74, 6) is 0.0928. The van der Waals surface area contributed by atoms with E-state index in [0.717, 1.165) is 35.3 Å². The van der Waals surface area contributed by atoms with E-state index in [9.17, 15) is 4.79 Å². The predicted molar refractivity (Wildman–Crippen MR) is 64.0 cm³/mol. The van der Waals surface area contributed by atoms with Gasteiger partial charge in [0.25, 0.3) is 0 Å². The van der Waals surface area contributed by atoms with Crippen molar-refractivity contribution >= 4 is 11.3 Å². The summed E-state index contributed by atoms with van der Waals surface area (Å²) in [6.45, 7) is 5.76. The number of carbonyl (C=O) groups is 1. The van der Waals surface area contributed by atoms with Crippen molar-refractivity contribution in [2.75, 3.05) is 0 Å². The van der Waals surface area contributed by atoms with Crippen LogP contribution in [0.2, 0.25) is 0 Å². The van der Waals surface area contributed by atoms with Crippen LogP contribution in [0, 0.1) is 0 Å². The maximum atomic E-state index is 11.5. The molecule has 0 amide bonds. The zero-order valence-corrected chi connectivity index (χ0v) is 9.95. The molecular formula is C13H16N2O. The van der Waals surface area contributed by atoms with Crippen LogP contribution >= 0.6 is 0 Å². The number of hydrogen-bond donors (Lipinski definition) is 0. The first-order chi connectivity index (χ1) is 7.67. The van der Waals surface area contributed by atoms with Crippen LogP contribution in [0.3, 0.4) is 0 Å². The minimum absolute atomic E-state index is 0.0928. The Morgan fingerprint density at radius 1 is 1.31 bits per heavy atom. The number of hydrogen-bond acceptors (Lipinski definition) is 2. The van der Waals surface area contributed by atoms with Gasteiger partial charge >= 0.3 is 0 Å². The Labute approximate surface area is 95.1 Å². The Morgan fingerprint density at radius 2 is 2.06 bits per heavy atom. The first kappa shape index (κ1) is 10.9. The van der Waals surface area contributed by atoms with Gasteiger partial charge in [-0.05, 0) is 38.0 Å². The van der Waals surface area contributed by atoms with E-state index in [0.29, 0.717) is 0 Å². The molecule has 0 spiro atoms.